The summed E-state index contributed by atoms with van der Waals surface area (Å²) < 4.78 is 29.7. The lowest BCUT2D eigenvalue weighted by Crippen LogP contribution is -2.21. The standard InChI is InChI=1S/C10H13BrN2O7P2/c1-20-9(21(14,15)16)5-7-10(22(17,18)19)12-8-4-6(11)2-3-13(7)8/h2-4,9H,5H2,1H3,(H2,14,15,16)(H2,17,18,19). The first-order valence-electron chi connectivity index (χ1n) is 5.84. The Morgan fingerprint density at radius 1 is 1.36 bits per heavy atom. The third-order valence-electron chi connectivity index (χ3n) is 2.96. The quantitative estimate of drug-likeness (QED) is 0.520. The molecule has 0 aliphatic carbocycles. The van der Waals surface area contributed by atoms with Gasteiger partial charge in [0.15, 0.2) is 11.3 Å². The first kappa shape index (κ1) is 17.8. The van der Waals surface area contributed by atoms with Crippen LogP contribution >= 0.6 is 31.1 Å². The molecule has 9 nitrogen and oxygen atoms in total. The molecule has 0 aromatic carbocycles. The van der Waals surface area contributed by atoms with Gasteiger partial charge in [0.1, 0.15) is 5.65 Å². The van der Waals surface area contributed by atoms with Gasteiger partial charge in [0, 0.05) is 24.2 Å². The number of nitrogens with zero attached hydrogens (tertiary/aromatic N) is 2. The van der Waals surface area contributed by atoms with Crippen LogP contribution in [0.4, 0.5) is 0 Å². The van der Waals surface area contributed by atoms with E-state index >= 15 is 0 Å². The third-order valence-corrected chi connectivity index (χ3v) is 5.50. The molecule has 0 saturated heterocycles. The molecule has 1 atom stereocenters. The molecule has 2 heterocycles. The molecule has 0 saturated carbocycles. The highest BCUT2D eigenvalue weighted by Gasteiger charge is 2.34. The lowest BCUT2D eigenvalue weighted by Gasteiger charge is -2.17. The summed E-state index contributed by atoms with van der Waals surface area (Å²) in [6, 6.07) is 3.14. The van der Waals surface area contributed by atoms with E-state index in [1.807, 2.05) is 0 Å². The molecule has 2 aromatic heterocycles. The van der Waals surface area contributed by atoms with E-state index < -0.39 is 32.9 Å². The molecule has 0 fully saturated rings. The van der Waals surface area contributed by atoms with Gasteiger partial charge in [0.05, 0.1) is 5.69 Å². The van der Waals surface area contributed by atoms with Crippen molar-refractivity contribution in [1.82, 2.24) is 9.38 Å². The van der Waals surface area contributed by atoms with Crippen LogP contribution < -0.4 is 5.44 Å². The maximum atomic E-state index is 11.6. The van der Waals surface area contributed by atoms with E-state index in [0.29, 0.717) is 4.47 Å². The summed E-state index contributed by atoms with van der Waals surface area (Å²) in [7, 11) is -8.21. The van der Waals surface area contributed by atoms with E-state index in [1.54, 1.807) is 6.07 Å². The minimum absolute atomic E-state index is 0.00833. The first-order chi connectivity index (χ1) is 10.0. The molecule has 1 unspecified atom stereocenters. The van der Waals surface area contributed by atoms with Crippen LogP contribution in [0, 0.1) is 0 Å². The van der Waals surface area contributed by atoms with Crippen molar-refractivity contribution in [1.29, 1.82) is 0 Å². The summed E-state index contributed by atoms with van der Waals surface area (Å²) in [4.78, 5) is 41.2. The first-order valence-corrected chi connectivity index (χ1v) is 9.93. The second-order valence-electron chi connectivity index (χ2n) is 4.48. The van der Waals surface area contributed by atoms with Crippen molar-refractivity contribution < 1.29 is 33.4 Å². The number of pyridine rings is 1. The molecule has 4 N–H and O–H groups in total. The topological polar surface area (TPSA) is 142 Å². The van der Waals surface area contributed by atoms with Gasteiger partial charge in [-0.15, -0.1) is 0 Å². The van der Waals surface area contributed by atoms with Gasteiger partial charge in [0.25, 0.3) is 0 Å². The highest BCUT2D eigenvalue weighted by atomic mass is 79.9. The molecule has 0 spiro atoms. The monoisotopic (exact) mass is 414 g/mol. The zero-order valence-electron chi connectivity index (χ0n) is 11.2. The van der Waals surface area contributed by atoms with Gasteiger partial charge >= 0.3 is 15.2 Å². The fraction of sp³-hybridized carbons (Fsp3) is 0.300. The average Bonchev–Trinajstić information content (AvgIpc) is 2.72. The lowest BCUT2D eigenvalue weighted by molar-refractivity contribution is 0.135. The van der Waals surface area contributed by atoms with Gasteiger partial charge in [-0.1, -0.05) is 15.9 Å². The molecule has 0 bridgehead atoms. The number of aromatic nitrogens is 2. The molecule has 22 heavy (non-hydrogen) atoms. The van der Waals surface area contributed by atoms with Crippen LogP contribution in [0.15, 0.2) is 22.8 Å². The van der Waals surface area contributed by atoms with Crippen LogP contribution in [0.5, 0.6) is 0 Å². The molecule has 12 heteroatoms. The van der Waals surface area contributed by atoms with Crippen LogP contribution in [0.25, 0.3) is 5.65 Å². The Bertz CT molecular complexity index is 796. The third kappa shape index (κ3) is 3.67. The highest BCUT2D eigenvalue weighted by molar-refractivity contribution is 9.10. The van der Waals surface area contributed by atoms with Crippen LogP contribution in [-0.2, 0) is 20.3 Å². The molecule has 0 aliphatic heterocycles. The Labute approximate surface area is 133 Å². The minimum Gasteiger partial charge on any atom is -0.368 e. The predicted octanol–water partition coefficient (Wildman–Crippen LogP) is 0.592. The van der Waals surface area contributed by atoms with Crippen molar-refractivity contribution >= 4 is 42.2 Å². The van der Waals surface area contributed by atoms with Crippen molar-refractivity contribution in [3.63, 3.8) is 0 Å². The molecule has 0 amide bonds. The molecule has 122 valence electrons. The summed E-state index contributed by atoms with van der Waals surface area (Å²) in [5.74, 6) is -1.53. The van der Waals surface area contributed by atoms with E-state index in [-0.39, 0.29) is 11.3 Å². The minimum atomic E-state index is -4.72. The van der Waals surface area contributed by atoms with Gasteiger partial charge in [-0.25, -0.2) is 4.98 Å². The summed E-state index contributed by atoms with van der Waals surface area (Å²) in [5.41, 5.74) is -0.296. The Morgan fingerprint density at radius 2 is 2.00 bits per heavy atom. The Hall–Kier alpha value is -0.570. The molecular formula is C10H13BrN2O7P2. The number of hydrogen-bond donors (Lipinski definition) is 4. The van der Waals surface area contributed by atoms with Gasteiger partial charge in [0.2, 0.25) is 0 Å². The van der Waals surface area contributed by atoms with E-state index in [4.69, 9.17) is 4.74 Å². The second-order valence-corrected chi connectivity index (χ2v) is 8.66. The lowest BCUT2D eigenvalue weighted by atomic mass is 10.3. The van der Waals surface area contributed by atoms with Gasteiger partial charge in [-0.3, -0.25) is 9.13 Å². The summed E-state index contributed by atoms with van der Waals surface area (Å²) >= 11 is 3.22. The van der Waals surface area contributed by atoms with Crippen molar-refractivity contribution in [3.05, 3.63) is 28.5 Å². The van der Waals surface area contributed by atoms with Crippen molar-refractivity contribution in [2.45, 2.75) is 12.3 Å². The van der Waals surface area contributed by atoms with Gasteiger partial charge < -0.3 is 28.7 Å². The predicted molar refractivity (Wildman–Crippen MR) is 81.1 cm³/mol. The number of fused-ring (bicyclic) bond motifs is 1. The fourth-order valence-electron chi connectivity index (χ4n) is 1.99. The fourth-order valence-corrected chi connectivity index (χ4v) is 3.76. The van der Waals surface area contributed by atoms with Crippen molar-refractivity contribution in [2.75, 3.05) is 7.11 Å². The van der Waals surface area contributed by atoms with Crippen LogP contribution in [0.3, 0.4) is 0 Å². The van der Waals surface area contributed by atoms with E-state index in [0.717, 1.165) is 7.11 Å². The number of imidazole rings is 1. The number of hydrogen-bond acceptors (Lipinski definition) is 4. The largest absolute Gasteiger partial charge is 0.376 e. The van der Waals surface area contributed by atoms with Gasteiger partial charge in [-0.05, 0) is 12.1 Å². The maximum Gasteiger partial charge on any atom is 0.376 e. The normalized spacial score (nSPS) is 14.5. The molecular weight excluding hydrogens is 402 g/mol. The number of ether oxygens (including phenoxy) is 1. The Morgan fingerprint density at radius 3 is 2.50 bits per heavy atom. The van der Waals surface area contributed by atoms with E-state index in [9.17, 15) is 28.7 Å². The summed E-state index contributed by atoms with van der Waals surface area (Å²) in [6.07, 6.45) is 1.09. The second kappa shape index (κ2) is 6.14. The maximum absolute atomic E-state index is 11.6. The Balaban J connectivity index is 2.64. The van der Waals surface area contributed by atoms with Crippen LogP contribution in [0.2, 0.25) is 0 Å². The highest BCUT2D eigenvalue weighted by Crippen LogP contribution is 2.44. The zero-order valence-corrected chi connectivity index (χ0v) is 14.6. The SMILES string of the molecule is COC(Cc1c(P(=O)(O)O)nc2cc(Br)ccn12)P(=O)(O)O. The molecule has 2 rings (SSSR count). The van der Waals surface area contributed by atoms with E-state index in [2.05, 4.69) is 20.9 Å². The van der Waals surface area contributed by atoms with Crippen LogP contribution in [0.1, 0.15) is 5.69 Å². The molecule has 2 aromatic rings. The van der Waals surface area contributed by atoms with Crippen LogP contribution in [-0.4, -0.2) is 41.9 Å². The summed E-state index contributed by atoms with van der Waals surface area (Å²) in [5, 5.41) is 0. The smallest absolute Gasteiger partial charge is 0.368 e. The number of methoxy groups -OCH3 is 1. The Kier molecular flexibility index (Phi) is 4.97. The molecule has 0 aliphatic rings. The van der Waals surface area contributed by atoms with Crippen molar-refractivity contribution in [3.8, 4) is 0 Å². The van der Waals surface area contributed by atoms with E-state index in [1.165, 1.54) is 16.7 Å². The average molecular weight is 415 g/mol. The van der Waals surface area contributed by atoms with Gasteiger partial charge in [-0.2, -0.15) is 0 Å². The zero-order chi connectivity index (χ0) is 16.7. The van der Waals surface area contributed by atoms with Crippen molar-refractivity contribution in [2.24, 2.45) is 0 Å². The molecule has 0 radical (unpaired) electrons. The number of rotatable bonds is 5. The summed E-state index contributed by atoms with van der Waals surface area (Å²) in [6.45, 7) is 0. The number of halogens is 1.